The van der Waals surface area contributed by atoms with Gasteiger partial charge >= 0.3 is 0 Å². The minimum atomic E-state index is -0.295. The van der Waals surface area contributed by atoms with E-state index in [1.54, 1.807) is 30.6 Å². The zero-order chi connectivity index (χ0) is 20.8. The molecule has 0 unspecified atom stereocenters. The standard InChI is InChI=1S/C24H20Cl2O3/c1-3-4-12-28-13-10-22-18(9-11-25)24(17-8-6-5-7-16(17)2)19-14-20(26)21(27)15-23(19)29-22/h3,5-11,13-15H,1,4,12H2,2H3/b11-9+,13-10+. The molecule has 0 amide bonds. The van der Waals surface area contributed by atoms with Gasteiger partial charge in [-0.3, -0.25) is 4.79 Å². The number of rotatable bonds is 7. The van der Waals surface area contributed by atoms with Gasteiger partial charge in [-0.1, -0.05) is 53.5 Å². The molecule has 1 heterocycles. The average molecular weight is 427 g/mol. The normalized spacial score (nSPS) is 11.6. The zero-order valence-electron chi connectivity index (χ0n) is 16.0. The quantitative estimate of drug-likeness (QED) is 0.228. The number of fused-ring (bicyclic) bond motifs is 1. The second kappa shape index (κ2) is 9.64. The summed E-state index contributed by atoms with van der Waals surface area (Å²) in [7, 11) is 0. The van der Waals surface area contributed by atoms with Gasteiger partial charge in [0.1, 0.15) is 11.5 Å². The Kier molecular flexibility index (Phi) is 6.97. The zero-order valence-corrected chi connectivity index (χ0v) is 17.5. The second-order valence-corrected chi connectivity index (χ2v) is 7.05. The summed E-state index contributed by atoms with van der Waals surface area (Å²) in [5.41, 5.74) is 5.58. The van der Waals surface area contributed by atoms with E-state index < -0.39 is 0 Å². The fourth-order valence-electron chi connectivity index (χ4n) is 3.08. The first-order chi connectivity index (χ1) is 14.1. The van der Waals surface area contributed by atoms with Crippen molar-refractivity contribution in [3.05, 3.63) is 93.0 Å². The number of benzene rings is 2. The topological polar surface area (TPSA) is 39.4 Å². The van der Waals surface area contributed by atoms with E-state index >= 15 is 0 Å². The third kappa shape index (κ3) is 4.64. The third-order valence-corrected chi connectivity index (χ3v) is 4.88. The van der Waals surface area contributed by atoms with Crippen molar-refractivity contribution < 1.29 is 9.15 Å². The molecule has 0 N–H and O–H groups in total. The molecule has 0 fully saturated rings. The summed E-state index contributed by atoms with van der Waals surface area (Å²) < 4.78 is 11.5. The van der Waals surface area contributed by atoms with Gasteiger partial charge in [-0.25, -0.2) is 0 Å². The Morgan fingerprint density at radius 2 is 1.97 bits per heavy atom. The van der Waals surface area contributed by atoms with Crippen molar-refractivity contribution in [2.24, 2.45) is 0 Å². The minimum Gasteiger partial charge on any atom is -0.501 e. The maximum absolute atomic E-state index is 12.1. The molecule has 1 aliphatic heterocycles. The molecule has 0 radical (unpaired) electrons. The summed E-state index contributed by atoms with van der Waals surface area (Å²) in [4.78, 5) is 12.1. The van der Waals surface area contributed by atoms with Gasteiger partial charge in [0, 0.05) is 34.4 Å². The summed E-state index contributed by atoms with van der Waals surface area (Å²) in [5, 5.41) is 0.138. The molecule has 0 bridgehead atoms. The van der Waals surface area contributed by atoms with Gasteiger partial charge in [-0.05, 0) is 36.6 Å². The van der Waals surface area contributed by atoms with E-state index in [0.29, 0.717) is 18.1 Å². The van der Waals surface area contributed by atoms with Crippen LogP contribution < -0.4 is 5.43 Å². The first kappa shape index (κ1) is 21.0. The lowest BCUT2D eigenvalue weighted by molar-refractivity contribution is 0.258. The summed E-state index contributed by atoms with van der Waals surface area (Å²) >= 11 is 12.1. The van der Waals surface area contributed by atoms with Crippen molar-refractivity contribution >= 4 is 35.4 Å². The van der Waals surface area contributed by atoms with E-state index in [-0.39, 0.29) is 10.5 Å². The van der Waals surface area contributed by atoms with E-state index in [1.165, 1.54) is 11.6 Å². The molecule has 3 rings (SSSR count). The van der Waals surface area contributed by atoms with Crippen molar-refractivity contribution in [1.29, 1.82) is 0 Å². The van der Waals surface area contributed by atoms with Gasteiger partial charge in [0.25, 0.3) is 0 Å². The van der Waals surface area contributed by atoms with Crippen LogP contribution in [-0.2, 0) is 4.74 Å². The molecule has 0 atom stereocenters. The maximum Gasteiger partial charge on any atom is 0.200 e. The number of hydrogen-bond acceptors (Lipinski definition) is 3. The molecule has 2 aliphatic rings. The molecule has 0 spiro atoms. The van der Waals surface area contributed by atoms with Crippen LogP contribution in [0.15, 0.2) is 70.1 Å². The van der Waals surface area contributed by atoms with Gasteiger partial charge in [0.05, 0.1) is 17.9 Å². The summed E-state index contributed by atoms with van der Waals surface area (Å²) in [5.74, 6) is 0.961. The molecule has 5 heteroatoms. The van der Waals surface area contributed by atoms with Gasteiger partial charge < -0.3 is 9.15 Å². The first-order valence-electron chi connectivity index (χ1n) is 9.09. The Morgan fingerprint density at radius 3 is 2.69 bits per heavy atom. The Balaban J connectivity index is 2.31. The van der Waals surface area contributed by atoms with Gasteiger partial charge in [-0.15, -0.1) is 6.58 Å². The minimum absolute atomic E-state index is 0.138. The molecule has 1 aromatic carbocycles. The lowest BCUT2D eigenvalue weighted by Gasteiger charge is -2.19. The van der Waals surface area contributed by atoms with Gasteiger partial charge in [0.15, 0.2) is 0 Å². The van der Waals surface area contributed by atoms with Crippen molar-refractivity contribution in [3.8, 4) is 22.5 Å². The van der Waals surface area contributed by atoms with Crippen molar-refractivity contribution in [3.63, 3.8) is 0 Å². The molecular formula is C24H20Cl2O3. The van der Waals surface area contributed by atoms with E-state index in [2.05, 4.69) is 6.58 Å². The highest BCUT2D eigenvalue weighted by molar-refractivity contribution is 6.31. The molecule has 0 saturated carbocycles. The average Bonchev–Trinajstić information content (AvgIpc) is 2.70. The third-order valence-electron chi connectivity index (χ3n) is 4.46. The number of aryl methyl sites for hydroxylation is 1. The van der Waals surface area contributed by atoms with Crippen molar-refractivity contribution in [2.45, 2.75) is 13.3 Å². The molecule has 0 aromatic heterocycles. The fraction of sp³-hybridized carbons (Fsp3) is 0.125. The highest BCUT2D eigenvalue weighted by Gasteiger charge is 2.21. The Labute approximate surface area is 179 Å². The Hall–Kier alpha value is -2.75. The lowest BCUT2D eigenvalue weighted by atomic mass is 9.89. The predicted molar refractivity (Wildman–Crippen MR) is 121 cm³/mol. The van der Waals surface area contributed by atoms with Gasteiger partial charge in [-0.2, -0.15) is 0 Å². The maximum atomic E-state index is 12.1. The van der Waals surface area contributed by atoms with E-state index in [9.17, 15) is 4.79 Å². The summed E-state index contributed by atoms with van der Waals surface area (Å²) in [6.45, 7) is 6.21. The van der Waals surface area contributed by atoms with Gasteiger partial charge in [0.2, 0.25) is 5.43 Å². The molecule has 1 aliphatic carbocycles. The summed E-state index contributed by atoms with van der Waals surface area (Å²) in [6.07, 6.45) is 7.56. The van der Waals surface area contributed by atoms with Crippen molar-refractivity contribution in [2.75, 3.05) is 6.61 Å². The molecule has 1 aromatic rings. The van der Waals surface area contributed by atoms with E-state index in [4.69, 9.17) is 32.4 Å². The SMILES string of the molecule is C=CCCO/C=C/c1oc2cc(=O)c(Cl)cc-2c(-c2ccccc2C)c1/C=C/Cl. The molecule has 29 heavy (non-hydrogen) atoms. The smallest absolute Gasteiger partial charge is 0.200 e. The van der Waals surface area contributed by atoms with Crippen LogP contribution in [0, 0.1) is 6.92 Å². The van der Waals surface area contributed by atoms with Crippen LogP contribution in [0.3, 0.4) is 0 Å². The highest BCUT2D eigenvalue weighted by Crippen LogP contribution is 2.41. The Bertz CT molecular complexity index is 1110. The molecule has 148 valence electrons. The van der Waals surface area contributed by atoms with Crippen LogP contribution >= 0.6 is 23.2 Å². The Morgan fingerprint density at radius 1 is 1.17 bits per heavy atom. The number of hydrogen-bond donors (Lipinski definition) is 0. The second-order valence-electron chi connectivity index (χ2n) is 6.39. The van der Waals surface area contributed by atoms with E-state index in [0.717, 1.165) is 34.2 Å². The largest absolute Gasteiger partial charge is 0.501 e. The van der Waals surface area contributed by atoms with Crippen molar-refractivity contribution in [1.82, 2.24) is 0 Å². The number of halogens is 2. The van der Waals surface area contributed by atoms with E-state index in [1.807, 2.05) is 31.2 Å². The fourth-order valence-corrected chi connectivity index (χ4v) is 3.37. The molecule has 0 saturated heterocycles. The van der Waals surface area contributed by atoms with Crippen LogP contribution in [0.5, 0.6) is 0 Å². The van der Waals surface area contributed by atoms with Crippen LogP contribution in [0.25, 0.3) is 34.6 Å². The highest BCUT2D eigenvalue weighted by atomic mass is 35.5. The first-order valence-corrected chi connectivity index (χ1v) is 9.90. The number of ether oxygens (including phenoxy) is 1. The molecule has 3 nitrogen and oxygen atoms in total. The predicted octanol–water partition coefficient (Wildman–Crippen LogP) is 7.15. The van der Waals surface area contributed by atoms with Crippen LogP contribution in [0.4, 0.5) is 0 Å². The monoisotopic (exact) mass is 426 g/mol. The van der Waals surface area contributed by atoms with Crippen LogP contribution in [0.2, 0.25) is 5.02 Å². The summed E-state index contributed by atoms with van der Waals surface area (Å²) in [6, 6.07) is 11.0. The molecular weight excluding hydrogens is 407 g/mol. The van der Waals surface area contributed by atoms with Crippen LogP contribution in [0.1, 0.15) is 23.3 Å². The lowest BCUT2D eigenvalue weighted by Crippen LogP contribution is -2.04. The van der Waals surface area contributed by atoms with Crippen LogP contribution in [-0.4, -0.2) is 6.61 Å².